The van der Waals surface area contributed by atoms with Crippen molar-refractivity contribution in [1.29, 1.82) is 0 Å². The Kier molecular flexibility index (Phi) is 3.90. The van der Waals surface area contributed by atoms with Gasteiger partial charge in [0.1, 0.15) is 11.7 Å². The van der Waals surface area contributed by atoms with Crippen LogP contribution < -0.4 is 10.9 Å². The second-order valence-corrected chi connectivity index (χ2v) is 7.00. The van der Waals surface area contributed by atoms with Gasteiger partial charge in [0, 0.05) is 35.8 Å². The lowest BCUT2D eigenvalue weighted by atomic mass is 10.1. The van der Waals surface area contributed by atoms with Gasteiger partial charge < -0.3 is 10.3 Å². The Labute approximate surface area is 164 Å². The van der Waals surface area contributed by atoms with Gasteiger partial charge in [-0.1, -0.05) is 24.3 Å². The number of pyridine rings is 1. The first-order valence-electron chi connectivity index (χ1n) is 9.24. The van der Waals surface area contributed by atoms with Crippen molar-refractivity contribution >= 4 is 28.5 Å². The molecule has 0 unspecified atom stereocenters. The molecule has 4 heterocycles. The number of imide groups is 1. The summed E-state index contributed by atoms with van der Waals surface area (Å²) in [5.74, 6) is -0.324. The van der Waals surface area contributed by atoms with Gasteiger partial charge in [-0.15, -0.1) is 0 Å². The molecule has 1 fully saturated rings. The Morgan fingerprint density at radius 2 is 1.86 bits per heavy atom. The van der Waals surface area contributed by atoms with Crippen LogP contribution >= 0.6 is 0 Å². The number of aromatic amines is 1. The smallest absolute Gasteiger partial charge is 0.325 e. The van der Waals surface area contributed by atoms with Crippen LogP contribution in [0.3, 0.4) is 0 Å². The maximum atomic E-state index is 12.9. The summed E-state index contributed by atoms with van der Waals surface area (Å²) in [6, 6.07) is 13.3. The SMILES string of the molecule is O=C1N[C@@H](Cc2c[nH]c3ccccc23)C(=O)N1Cc1cc(=O)n2ccccc2n1. The molecule has 29 heavy (non-hydrogen) atoms. The van der Waals surface area contributed by atoms with Gasteiger partial charge >= 0.3 is 6.03 Å². The Morgan fingerprint density at radius 3 is 2.76 bits per heavy atom. The van der Waals surface area contributed by atoms with Crippen molar-refractivity contribution in [2.24, 2.45) is 0 Å². The van der Waals surface area contributed by atoms with Gasteiger partial charge in [0.05, 0.1) is 12.2 Å². The van der Waals surface area contributed by atoms with Crippen molar-refractivity contribution in [2.45, 2.75) is 19.0 Å². The summed E-state index contributed by atoms with van der Waals surface area (Å²) in [5, 5.41) is 3.77. The Hall–Kier alpha value is -3.94. The van der Waals surface area contributed by atoms with E-state index in [0.29, 0.717) is 17.8 Å². The third-order valence-corrected chi connectivity index (χ3v) is 5.15. The minimum Gasteiger partial charge on any atom is -0.361 e. The Bertz CT molecular complexity index is 1320. The first kappa shape index (κ1) is 17.2. The third kappa shape index (κ3) is 2.94. The monoisotopic (exact) mass is 387 g/mol. The average Bonchev–Trinajstić information content (AvgIpc) is 3.25. The van der Waals surface area contributed by atoms with E-state index in [2.05, 4.69) is 15.3 Å². The third-order valence-electron chi connectivity index (χ3n) is 5.15. The van der Waals surface area contributed by atoms with Crippen molar-refractivity contribution in [3.05, 3.63) is 82.5 Å². The van der Waals surface area contributed by atoms with E-state index in [1.54, 1.807) is 24.4 Å². The van der Waals surface area contributed by atoms with Gasteiger partial charge in [0.2, 0.25) is 0 Å². The fourth-order valence-electron chi connectivity index (χ4n) is 3.73. The van der Waals surface area contributed by atoms with Gasteiger partial charge in [0.25, 0.3) is 11.5 Å². The van der Waals surface area contributed by atoms with E-state index < -0.39 is 12.1 Å². The fourth-order valence-corrected chi connectivity index (χ4v) is 3.73. The molecule has 144 valence electrons. The molecule has 2 N–H and O–H groups in total. The lowest BCUT2D eigenvalue weighted by molar-refractivity contribution is -0.127. The maximum absolute atomic E-state index is 12.9. The number of amides is 3. The minimum atomic E-state index is -0.650. The molecule has 0 radical (unpaired) electrons. The molecule has 0 aliphatic carbocycles. The highest BCUT2D eigenvalue weighted by Crippen LogP contribution is 2.21. The number of benzene rings is 1. The molecule has 3 aromatic heterocycles. The van der Waals surface area contributed by atoms with Gasteiger partial charge in [-0.25, -0.2) is 9.78 Å². The van der Waals surface area contributed by atoms with Crippen LogP contribution in [0.15, 0.2) is 65.7 Å². The van der Waals surface area contributed by atoms with Crippen LogP contribution in [0.4, 0.5) is 4.79 Å². The summed E-state index contributed by atoms with van der Waals surface area (Å²) in [4.78, 5) is 46.2. The van der Waals surface area contributed by atoms with E-state index in [1.165, 1.54) is 10.5 Å². The standard InChI is InChI=1S/C21H17N5O3/c27-19-10-14(23-18-7-3-4-8-25(18)19)12-26-20(28)17(24-21(26)29)9-13-11-22-16-6-2-1-5-15(13)16/h1-8,10-11,17,22H,9,12H2,(H,24,29)/t17-/m0/s1. The molecule has 0 spiro atoms. The molecule has 4 aromatic rings. The summed E-state index contributed by atoms with van der Waals surface area (Å²) >= 11 is 0. The largest absolute Gasteiger partial charge is 0.361 e. The first-order valence-corrected chi connectivity index (χ1v) is 9.24. The highest BCUT2D eigenvalue weighted by atomic mass is 16.2. The number of aromatic nitrogens is 3. The summed E-state index contributed by atoms with van der Waals surface area (Å²) < 4.78 is 1.41. The predicted octanol–water partition coefficient (Wildman–Crippen LogP) is 1.84. The number of carbonyl (C=O) groups excluding carboxylic acids is 2. The summed E-state index contributed by atoms with van der Waals surface area (Å²) in [6.45, 7) is -0.0459. The number of hydrogen-bond donors (Lipinski definition) is 2. The molecular weight excluding hydrogens is 370 g/mol. The van der Waals surface area contributed by atoms with Crippen LogP contribution in [-0.4, -0.2) is 37.2 Å². The molecule has 1 aliphatic heterocycles. The van der Waals surface area contributed by atoms with Gasteiger partial charge in [-0.05, 0) is 23.8 Å². The number of nitrogens with one attached hydrogen (secondary N) is 2. The Morgan fingerprint density at radius 1 is 1.03 bits per heavy atom. The van der Waals surface area contributed by atoms with Crippen molar-refractivity contribution in [3.63, 3.8) is 0 Å². The summed E-state index contributed by atoms with van der Waals surface area (Å²) in [5.41, 5.74) is 2.53. The quantitative estimate of drug-likeness (QED) is 0.522. The molecule has 1 atom stereocenters. The number of urea groups is 1. The van der Waals surface area contributed by atoms with Crippen LogP contribution in [0.1, 0.15) is 11.3 Å². The molecule has 0 saturated carbocycles. The molecule has 0 bridgehead atoms. The normalized spacial score (nSPS) is 16.7. The molecule has 3 amide bonds. The topological polar surface area (TPSA) is 99.6 Å². The van der Waals surface area contributed by atoms with Crippen molar-refractivity contribution < 1.29 is 9.59 Å². The first-order chi connectivity index (χ1) is 14.1. The molecule has 1 saturated heterocycles. The van der Waals surface area contributed by atoms with E-state index in [0.717, 1.165) is 21.4 Å². The van der Waals surface area contributed by atoms with Crippen molar-refractivity contribution in [3.8, 4) is 0 Å². The van der Waals surface area contributed by atoms with Crippen LogP contribution in [0, 0.1) is 0 Å². The Balaban J connectivity index is 1.39. The minimum absolute atomic E-state index is 0.0459. The maximum Gasteiger partial charge on any atom is 0.325 e. The second-order valence-electron chi connectivity index (χ2n) is 7.00. The van der Waals surface area contributed by atoms with Crippen LogP contribution in [0.25, 0.3) is 16.6 Å². The van der Waals surface area contributed by atoms with Gasteiger partial charge in [-0.3, -0.25) is 18.9 Å². The zero-order valence-electron chi connectivity index (χ0n) is 15.3. The van der Waals surface area contributed by atoms with Crippen molar-refractivity contribution in [1.82, 2.24) is 24.6 Å². The van der Waals surface area contributed by atoms with Crippen LogP contribution in [-0.2, 0) is 17.8 Å². The van der Waals surface area contributed by atoms with E-state index >= 15 is 0 Å². The summed E-state index contributed by atoms with van der Waals surface area (Å²) in [6.07, 6.45) is 3.87. The predicted molar refractivity (Wildman–Crippen MR) is 106 cm³/mol. The highest BCUT2D eigenvalue weighted by Gasteiger charge is 2.38. The van der Waals surface area contributed by atoms with E-state index in [4.69, 9.17) is 0 Å². The molecule has 8 nitrogen and oxygen atoms in total. The van der Waals surface area contributed by atoms with E-state index in [-0.39, 0.29) is 18.0 Å². The average molecular weight is 387 g/mol. The second kappa shape index (κ2) is 6.59. The lowest BCUT2D eigenvalue weighted by Gasteiger charge is -2.13. The molecule has 8 heteroatoms. The van der Waals surface area contributed by atoms with Crippen LogP contribution in [0.5, 0.6) is 0 Å². The number of hydrogen-bond acceptors (Lipinski definition) is 4. The highest BCUT2D eigenvalue weighted by molar-refractivity contribution is 6.04. The van der Waals surface area contributed by atoms with Gasteiger partial charge in [-0.2, -0.15) is 0 Å². The van der Waals surface area contributed by atoms with Crippen molar-refractivity contribution in [2.75, 3.05) is 0 Å². The number of nitrogens with zero attached hydrogens (tertiary/aromatic N) is 3. The number of fused-ring (bicyclic) bond motifs is 2. The number of rotatable bonds is 4. The zero-order valence-corrected chi connectivity index (χ0v) is 15.3. The van der Waals surface area contributed by atoms with E-state index in [1.807, 2.05) is 30.5 Å². The molecular formula is C21H17N5O3. The summed E-state index contributed by atoms with van der Waals surface area (Å²) in [7, 11) is 0. The van der Waals surface area contributed by atoms with Gasteiger partial charge in [0.15, 0.2) is 0 Å². The molecule has 5 rings (SSSR count). The number of H-pyrrole nitrogens is 1. The van der Waals surface area contributed by atoms with Crippen LogP contribution in [0.2, 0.25) is 0 Å². The zero-order chi connectivity index (χ0) is 20.0. The number of para-hydroxylation sites is 1. The fraction of sp³-hybridized carbons (Fsp3) is 0.143. The molecule has 1 aliphatic rings. The lowest BCUT2D eigenvalue weighted by Crippen LogP contribution is -2.32. The number of carbonyl (C=O) groups is 2. The molecule has 1 aromatic carbocycles. The van der Waals surface area contributed by atoms with E-state index in [9.17, 15) is 14.4 Å².